The summed E-state index contributed by atoms with van der Waals surface area (Å²) in [7, 11) is 1.65. The van der Waals surface area contributed by atoms with E-state index in [2.05, 4.69) is 15.2 Å². The minimum Gasteiger partial charge on any atom is -0.497 e. The van der Waals surface area contributed by atoms with E-state index >= 15 is 0 Å². The van der Waals surface area contributed by atoms with Crippen LogP contribution in [-0.4, -0.2) is 17.2 Å². The summed E-state index contributed by atoms with van der Waals surface area (Å²) in [5.41, 5.74) is 2.79. The number of nitrogens with one attached hydrogen (secondary N) is 1. The van der Waals surface area contributed by atoms with Crippen molar-refractivity contribution in [1.82, 2.24) is 10.3 Å². The zero-order valence-electron chi connectivity index (χ0n) is 17.2. The number of halogens is 1. The number of methoxy groups -OCH3 is 1. The fraction of sp³-hybridized carbons (Fsp3) is 0.120. The van der Waals surface area contributed by atoms with Crippen LogP contribution >= 0.6 is 23.8 Å². The van der Waals surface area contributed by atoms with Gasteiger partial charge in [0, 0.05) is 22.5 Å². The monoisotopic (exact) mass is 461 g/mol. The van der Waals surface area contributed by atoms with Gasteiger partial charge in [0.15, 0.2) is 5.11 Å². The Bertz CT molecular complexity index is 1230. The van der Waals surface area contributed by atoms with Gasteiger partial charge in [-0.15, -0.1) is 0 Å². The highest BCUT2D eigenvalue weighted by atomic mass is 35.5. The smallest absolute Gasteiger partial charge is 0.174 e. The molecule has 0 radical (unpaired) electrons. The Hall–Kier alpha value is -3.35. The zero-order chi connectivity index (χ0) is 22.1. The lowest BCUT2D eigenvalue weighted by atomic mass is 10.0. The van der Waals surface area contributed by atoms with E-state index in [1.165, 1.54) is 0 Å². The number of rotatable bonds is 5. The second kappa shape index (κ2) is 8.65. The molecule has 0 bridgehead atoms. The summed E-state index contributed by atoms with van der Waals surface area (Å²) < 4.78 is 11.7. The van der Waals surface area contributed by atoms with Crippen LogP contribution in [0.25, 0.3) is 11.3 Å². The third-order valence-electron chi connectivity index (χ3n) is 5.50. The minimum atomic E-state index is -0.216. The third-order valence-corrected chi connectivity index (χ3v) is 6.06. The Balaban J connectivity index is 1.57. The van der Waals surface area contributed by atoms with E-state index in [0.717, 1.165) is 34.2 Å². The van der Waals surface area contributed by atoms with Crippen LogP contribution < -0.4 is 15.0 Å². The summed E-state index contributed by atoms with van der Waals surface area (Å²) in [6.45, 7) is 0. The summed E-state index contributed by atoms with van der Waals surface area (Å²) in [6, 6.07) is 24.9. The summed E-state index contributed by atoms with van der Waals surface area (Å²) in [4.78, 5) is 6.64. The highest BCUT2D eigenvalue weighted by molar-refractivity contribution is 7.80. The molecule has 0 aliphatic carbocycles. The number of nitrogens with zero attached hydrogens (tertiary/aromatic N) is 2. The first-order valence-corrected chi connectivity index (χ1v) is 10.9. The lowest BCUT2D eigenvalue weighted by molar-refractivity contribution is 0.414. The lowest BCUT2D eigenvalue weighted by Gasteiger charge is -2.26. The maximum absolute atomic E-state index is 6.35. The molecular weight excluding hydrogens is 442 g/mol. The Labute approximate surface area is 196 Å². The molecule has 1 saturated heterocycles. The van der Waals surface area contributed by atoms with Crippen molar-refractivity contribution in [1.29, 1.82) is 0 Å². The summed E-state index contributed by atoms with van der Waals surface area (Å²) >= 11 is 11.8. The summed E-state index contributed by atoms with van der Waals surface area (Å²) in [6.07, 6.45) is 1.79. The van der Waals surface area contributed by atoms with Crippen molar-refractivity contribution in [2.75, 3.05) is 12.0 Å². The number of thiocarbonyl (C=S) groups is 1. The van der Waals surface area contributed by atoms with E-state index in [9.17, 15) is 0 Å². The fourth-order valence-electron chi connectivity index (χ4n) is 3.95. The number of hydrogen-bond donors (Lipinski definition) is 1. The van der Waals surface area contributed by atoms with Gasteiger partial charge in [0.25, 0.3) is 0 Å². The minimum absolute atomic E-state index is 0.171. The normalized spacial score (nSPS) is 17.9. The van der Waals surface area contributed by atoms with Crippen LogP contribution in [-0.2, 0) is 0 Å². The number of ether oxygens (including phenoxy) is 1. The quantitative estimate of drug-likeness (QED) is 0.358. The van der Waals surface area contributed by atoms with Crippen LogP contribution in [0.3, 0.4) is 0 Å². The van der Waals surface area contributed by atoms with Crippen LogP contribution in [0.2, 0.25) is 5.02 Å². The second-order valence-corrected chi connectivity index (χ2v) is 8.23. The molecule has 5 rings (SSSR count). The molecule has 32 heavy (non-hydrogen) atoms. The number of anilines is 1. The molecule has 1 N–H and O–H groups in total. The van der Waals surface area contributed by atoms with Gasteiger partial charge in [-0.2, -0.15) is 0 Å². The average molecular weight is 462 g/mol. The van der Waals surface area contributed by atoms with Gasteiger partial charge >= 0.3 is 0 Å². The van der Waals surface area contributed by atoms with E-state index in [1.54, 1.807) is 13.3 Å². The number of furan rings is 1. The van der Waals surface area contributed by atoms with Gasteiger partial charge in [-0.05, 0) is 85.0 Å². The fourth-order valence-corrected chi connectivity index (χ4v) is 4.42. The zero-order valence-corrected chi connectivity index (χ0v) is 18.8. The maximum Gasteiger partial charge on any atom is 0.174 e. The van der Waals surface area contributed by atoms with E-state index in [0.29, 0.717) is 10.1 Å². The molecule has 0 amide bonds. The molecule has 1 fully saturated rings. The van der Waals surface area contributed by atoms with Crippen LogP contribution in [0, 0.1) is 0 Å². The Kier molecular flexibility index (Phi) is 5.55. The maximum atomic E-state index is 6.35. The van der Waals surface area contributed by atoms with Gasteiger partial charge in [-0.3, -0.25) is 4.98 Å². The van der Waals surface area contributed by atoms with Gasteiger partial charge in [-0.25, -0.2) is 0 Å². The largest absolute Gasteiger partial charge is 0.497 e. The standard InChI is InChI=1S/C25H20ClN3O2S/c1-30-19-11-9-18(10-12-19)29-24(23(28-25(29)32)20-4-2-3-15-27-20)22-14-13-21(31-22)16-5-7-17(26)8-6-16/h2-15,23-24H,1H3,(H,28,32)/t23-,24+/m1/s1. The Morgan fingerprint density at radius 3 is 2.47 bits per heavy atom. The van der Waals surface area contributed by atoms with Gasteiger partial charge in [-0.1, -0.05) is 17.7 Å². The average Bonchev–Trinajstić information content (AvgIpc) is 3.45. The van der Waals surface area contributed by atoms with Crippen molar-refractivity contribution in [2.45, 2.75) is 12.1 Å². The topological polar surface area (TPSA) is 50.5 Å². The molecule has 4 aromatic rings. The molecule has 2 aromatic heterocycles. The Morgan fingerprint density at radius 2 is 1.78 bits per heavy atom. The van der Waals surface area contributed by atoms with Crippen LogP contribution in [0.4, 0.5) is 5.69 Å². The number of aromatic nitrogens is 1. The molecule has 2 atom stereocenters. The first kappa shape index (κ1) is 20.5. The molecule has 5 nitrogen and oxygen atoms in total. The molecular formula is C25H20ClN3O2S. The highest BCUT2D eigenvalue weighted by Gasteiger charge is 2.42. The van der Waals surface area contributed by atoms with Gasteiger partial charge in [0.05, 0.1) is 18.8 Å². The molecule has 0 spiro atoms. The molecule has 0 saturated carbocycles. The van der Waals surface area contributed by atoms with Crippen molar-refractivity contribution in [3.05, 3.63) is 102 Å². The van der Waals surface area contributed by atoms with E-state index in [4.69, 9.17) is 33.0 Å². The van der Waals surface area contributed by atoms with Gasteiger partial charge in [0.1, 0.15) is 23.3 Å². The van der Waals surface area contributed by atoms with Gasteiger partial charge in [0.2, 0.25) is 0 Å². The van der Waals surface area contributed by atoms with Crippen molar-refractivity contribution in [3.8, 4) is 17.1 Å². The van der Waals surface area contributed by atoms with Crippen molar-refractivity contribution in [3.63, 3.8) is 0 Å². The molecule has 2 aromatic carbocycles. The first-order valence-electron chi connectivity index (χ1n) is 10.1. The molecule has 1 aliphatic rings. The summed E-state index contributed by atoms with van der Waals surface area (Å²) in [5.74, 6) is 2.34. The van der Waals surface area contributed by atoms with E-state index < -0.39 is 0 Å². The third kappa shape index (κ3) is 3.83. The second-order valence-electron chi connectivity index (χ2n) is 7.40. The van der Waals surface area contributed by atoms with Crippen LogP contribution in [0.1, 0.15) is 23.5 Å². The van der Waals surface area contributed by atoms with Gasteiger partial charge < -0.3 is 19.4 Å². The summed E-state index contributed by atoms with van der Waals surface area (Å²) in [5, 5.41) is 4.74. The van der Waals surface area contributed by atoms with Crippen LogP contribution in [0.5, 0.6) is 5.75 Å². The SMILES string of the molecule is COc1ccc(N2C(=S)N[C@H](c3ccccn3)[C@@H]2c2ccc(-c3ccc(Cl)cc3)o2)cc1. The predicted molar refractivity (Wildman–Crippen MR) is 130 cm³/mol. The van der Waals surface area contributed by atoms with Crippen molar-refractivity contribution in [2.24, 2.45) is 0 Å². The molecule has 160 valence electrons. The molecule has 0 unspecified atom stereocenters. The highest BCUT2D eigenvalue weighted by Crippen LogP contribution is 2.43. The molecule has 3 heterocycles. The van der Waals surface area contributed by atoms with Crippen molar-refractivity contribution >= 4 is 34.6 Å². The number of benzene rings is 2. The lowest BCUT2D eigenvalue weighted by Crippen LogP contribution is -2.29. The first-order chi connectivity index (χ1) is 15.6. The van der Waals surface area contributed by atoms with E-state index in [1.807, 2.05) is 78.9 Å². The number of hydrogen-bond acceptors (Lipinski definition) is 4. The van der Waals surface area contributed by atoms with Crippen LogP contribution in [0.15, 0.2) is 89.5 Å². The Morgan fingerprint density at radius 1 is 1.00 bits per heavy atom. The molecule has 1 aliphatic heterocycles. The van der Waals surface area contributed by atoms with Crippen molar-refractivity contribution < 1.29 is 9.15 Å². The molecule has 7 heteroatoms. The number of pyridine rings is 1. The predicted octanol–water partition coefficient (Wildman–Crippen LogP) is 6.18. The van der Waals surface area contributed by atoms with E-state index in [-0.39, 0.29) is 12.1 Å².